The van der Waals surface area contributed by atoms with Crippen LogP contribution < -0.4 is 15.8 Å². The van der Waals surface area contributed by atoms with Crippen molar-refractivity contribution in [3.05, 3.63) is 53.6 Å². The molecule has 0 aromatic heterocycles. The third-order valence-corrected chi connectivity index (χ3v) is 3.61. The van der Waals surface area contributed by atoms with Crippen molar-refractivity contribution < 1.29 is 14.3 Å². The topological polar surface area (TPSA) is 97.4 Å². The molecule has 148 valence electrons. The summed E-state index contributed by atoms with van der Waals surface area (Å²) in [6.07, 6.45) is 0.762. The van der Waals surface area contributed by atoms with Crippen molar-refractivity contribution in [2.24, 2.45) is 0 Å². The van der Waals surface area contributed by atoms with Gasteiger partial charge in [0, 0.05) is 30.1 Å². The van der Waals surface area contributed by atoms with Gasteiger partial charge in [0.2, 0.25) is 6.41 Å². The number of nitrogens with two attached hydrogens (primary N) is 1. The number of hydrogen-bond donors (Lipinski definition) is 3. The molecule has 0 saturated carbocycles. The second-order valence-corrected chi connectivity index (χ2v) is 5.32. The lowest BCUT2D eigenvalue weighted by atomic mass is 10.1. The lowest BCUT2D eigenvalue weighted by Gasteiger charge is -2.11. The van der Waals surface area contributed by atoms with Crippen molar-refractivity contribution in [3.8, 4) is 5.75 Å². The number of rotatable bonds is 6. The Morgan fingerprint density at radius 3 is 2.22 bits per heavy atom. The van der Waals surface area contributed by atoms with Gasteiger partial charge in [-0.15, -0.1) is 0 Å². The average molecular weight is 373 g/mol. The Hall–Kier alpha value is -2.86. The molecule has 6 nitrogen and oxygen atoms in total. The number of benzene rings is 2. The molecular weight excluding hydrogens is 342 g/mol. The first-order valence-corrected chi connectivity index (χ1v) is 8.75. The van der Waals surface area contributed by atoms with E-state index in [1.54, 1.807) is 26.2 Å². The summed E-state index contributed by atoms with van der Waals surface area (Å²) in [5.41, 5.74) is 8.83. The molecule has 4 N–H and O–H groups in total. The number of ether oxygens (including phenoxy) is 2. The Morgan fingerprint density at radius 1 is 1.19 bits per heavy atom. The van der Waals surface area contributed by atoms with Crippen LogP contribution in [-0.4, -0.2) is 26.3 Å². The van der Waals surface area contributed by atoms with Crippen LogP contribution >= 0.6 is 0 Å². The first-order valence-electron chi connectivity index (χ1n) is 8.75. The number of hydrogen-bond acceptors (Lipinski definition) is 5. The van der Waals surface area contributed by atoms with Crippen molar-refractivity contribution in [2.45, 2.75) is 33.8 Å². The molecule has 0 bridgehead atoms. The highest BCUT2D eigenvalue weighted by Crippen LogP contribution is 2.29. The van der Waals surface area contributed by atoms with Crippen molar-refractivity contribution >= 4 is 23.5 Å². The molecule has 0 spiro atoms. The van der Waals surface area contributed by atoms with Gasteiger partial charge >= 0.3 is 0 Å². The fraction of sp³-hybridized carbons (Fsp3) is 0.333. The van der Waals surface area contributed by atoms with Crippen LogP contribution in [0.15, 0.2) is 42.5 Å². The predicted molar refractivity (Wildman–Crippen MR) is 113 cm³/mol. The molecule has 0 radical (unpaired) electrons. The average Bonchev–Trinajstić information content (AvgIpc) is 2.71. The van der Waals surface area contributed by atoms with Gasteiger partial charge < -0.3 is 25.9 Å². The zero-order valence-corrected chi connectivity index (χ0v) is 17.0. The van der Waals surface area contributed by atoms with E-state index < -0.39 is 0 Å². The summed E-state index contributed by atoms with van der Waals surface area (Å²) in [7, 11) is 3.21. The highest BCUT2D eigenvalue weighted by Gasteiger charge is 2.09. The molecule has 2 rings (SSSR count). The van der Waals surface area contributed by atoms with E-state index in [-0.39, 0.29) is 6.10 Å². The summed E-state index contributed by atoms with van der Waals surface area (Å²) in [6, 6.07) is 13.4. The smallest absolute Gasteiger partial charge is 0.211 e. The summed E-state index contributed by atoms with van der Waals surface area (Å²) in [5, 5.41) is 9.99. The molecule has 1 unspecified atom stereocenters. The molecule has 0 fully saturated rings. The van der Waals surface area contributed by atoms with E-state index in [9.17, 15) is 4.79 Å². The van der Waals surface area contributed by atoms with Crippen LogP contribution in [0.2, 0.25) is 0 Å². The largest absolute Gasteiger partial charge is 0.494 e. The van der Waals surface area contributed by atoms with Crippen LogP contribution in [0.4, 0.5) is 11.4 Å². The quantitative estimate of drug-likeness (QED) is 0.390. The van der Waals surface area contributed by atoms with Crippen LogP contribution in [0.5, 0.6) is 5.75 Å². The van der Waals surface area contributed by atoms with Gasteiger partial charge in [-0.25, -0.2) is 0 Å². The van der Waals surface area contributed by atoms with Crippen molar-refractivity contribution in [3.63, 3.8) is 0 Å². The number of nitrogen functional groups attached to an aromatic ring is 1. The maximum Gasteiger partial charge on any atom is 0.211 e. The maximum atomic E-state index is 10.4. The summed E-state index contributed by atoms with van der Waals surface area (Å²) >= 11 is 0. The fourth-order valence-corrected chi connectivity index (χ4v) is 2.13. The number of methoxy groups -OCH3 is 2. The van der Waals surface area contributed by atoms with Gasteiger partial charge in [-0.2, -0.15) is 0 Å². The second kappa shape index (κ2) is 13.4. The molecule has 27 heavy (non-hydrogen) atoms. The standard InChI is InChI=1S/C10H13N3O2.C9H12O.C2H6/c1-6(11)7-3-9(13-5-14)10(15-2)4-8(7)12;1-8(10-2)9-6-4-3-5-7-9;1-2/h3-5,11H,12H2,1-2H3,(H,13,14);3-8H,1-2H3;1-2H3. The minimum Gasteiger partial charge on any atom is -0.494 e. The molecule has 1 amide bonds. The molecule has 6 heteroatoms. The minimum absolute atomic E-state index is 0.209. The highest BCUT2D eigenvalue weighted by molar-refractivity contribution is 6.02. The normalized spacial score (nSPS) is 10.3. The highest BCUT2D eigenvalue weighted by atomic mass is 16.5. The Balaban J connectivity index is 0.000000488. The summed E-state index contributed by atoms with van der Waals surface area (Å²) < 4.78 is 10.2. The minimum atomic E-state index is 0.209. The summed E-state index contributed by atoms with van der Waals surface area (Å²) in [6.45, 7) is 7.66. The molecule has 0 aliphatic heterocycles. The monoisotopic (exact) mass is 373 g/mol. The molecular formula is C21H31N3O3. The van der Waals surface area contributed by atoms with E-state index in [2.05, 4.69) is 17.4 Å². The van der Waals surface area contributed by atoms with Crippen LogP contribution in [-0.2, 0) is 9.53 Å². The van der Waals surface area contributed by atoms with Crippen molar-refractivity contribution in [2.75, 3.05) is 25.3 Å². The Morgan fingerprint density at radius 2 is 1.78 bits per heavy atom. The van der Waals surface area contributed by atoms with Gasteiger partial charge in [-0.05, 0) is 25.5 Å². The molecule has 1 atom stereocenters. The predicted octanol–water partition coefficient (Wildman–Crippen LogP) is 4.65. The van der Waals surface area contributed by atoms with E-state index in [1.807, 2.05) is 39.0 Å². The molecule has 0 aliphatic carbocycles. The third-order valence-electron chi connectivity index (χ3n) is 3.61. The Labute approximate surface area is 162 Å². The van der Waals surface area contributed by atoms with E-state index in [1.165, 1.54) is 12.7 Å². The van der Waals surface area contributed by atoms with Gasteiger partial charge in [0.15, 0.2) is 0 Å². The molecule has 2 aromatic carbocycles. The fourth-order valence-electron chi connectivity index (χ4n) is 2.13. The van der Waals surface area contributed by atoms with Crippen LogP contribution in [0.25, 0.3) is 0 Å². The molecule has 0 saturated heterocycles. The van der Waals surface area contributed by atoms with Gasteiger partial charge in [-0.1, -0.05) is 44.2 Å². The first-order chi connectivity index (χ1) is 12.9. The van der Waals surface area contributed by atoms with Gasteiger partial charge in [0.25, 0.3) is 0 Å². The van der Waals surface area contributed by atoms with Crippen LogP contribution in [0.1, 0.15) is 44.9 Å². The van der Waals surface area contributed by atoms with Crippen LogP contribution in [0.3, 0.4) is 0 Å². The van der Waals surface area contributed by atoms with Gasteiger partial charge in [-0.3, -0.25) is 4.79 Å². The van der Waals surface area contributed by atoms with Crippen molar-refractivity contribution in [1.29, 1.82) is 5.41 Å². The van der Waals surface area contributed by atoms with E-state index in [0.717, 1.165) is 0 Å². The first kappa shape index (κ1) is 24.1. The molecule has 0 aliphatic rings. The van der Waals surface area contributed by atoms with Crippen LogP contribution in [0, 0.1) is 5.41 Å². The number of carbonyl (C=O) groups excluding carboxylic acids is 1. The summed E-state index contributed by atoms with van der Waals surface area (Å²) in [4.78, 5) is 10.4. The van der Waals surface area contributed by atoms with E-state index in [4.69, 9.17) is 20.6 Å². The zero-order chi connectivity index (χ0) is 20.8. The number of nitrogens with one attached hydrogen (secondary N) is 2. The SMILES string of the molecule is CC.COC(C)c1ccccc1.COc1cc(N)c(C(C)=N)cc1NC=O. The number of amides is 1. The van der Waals surface area contributed by atoms with Crippen molar-refractivity contribution in [1.82, 2.24) is 0 Å². The maximum absolute atomic E-state index is 10.4. The van der Waals surface area contributed by atoms with Gasteiger partial charge in [0.05, 0.1) is 18.9 Å². The third kappa shape index (κ3) is 7.92. The number of carbonyl (C=O) groups is 1. The lowest BCUT2D eigenvalue weighted by molar-refractivity contribution is -0.105. The van der Waals surface area contributed by atoms with E-state index >= 15 is 0 Å². The summed E-state index contributed by atoms with van der Waals surface area (Å²) in [5.74, 6) is 0.476. The Bertz CT molecular complexity index is 703. The molecule has 0 heterocycles. The second-order valence-electron chi connectivity index (χ2n) is 5.32. The van der Waals surface area contributed by atoms with Gasteiger partial charge in [0.1, 0.15) is 5.75 Å². The molecule has 2 aromatic rings. The lowest BCUT2D eigenvalue weighted by Crippen LogP contribution is -2.04. The van der Waals surface area contributed by atoms with E-state index in [0.29, 0.717) is 34.8 Å². The zero-order valence-electron chi connectivity index (χ0n) is 17.0. The Kier molecular flexibility index (Phi) is 11.9. The number of anilines is 2.